The zero-order valence-corrected chi connectivity index (χ0v) is 15.1. The molecule has 0 aromatic carbocycles. The van der Waals surface area contributed by atoms with Crippen LogP contribution in [0.2, 0.25) is 0 Å². The van der Waals surface area contributed by atoms with Gasteiger partial charge in [0, 0.05) is 50.6 Å². The smallest absolute Gasteiger partial charge is 0.399 e. The standard InChI is InChI=1S/C16H29BN4O2/c1-15(2)16(3,4)23-17(22-15)14-12-18-21(13-14)11-10-20-8-6-19(5)7-9-20/h12-13H,6-11H2,1-5H3. The van der Waals surface area contributed by atoms with Gasteiger partial charge in [-0.05, 0) is 34.7 Å². The van der Waals surface area contributed by atoms with Crippen LogP contribution < -0.4 is 5.46 Å². The quantitative estimate of drug-likeness (QED) is 0.753. The summed E-state index contributed by atoms with van der Waals surface area (Å²) in [4.78, 5) is 4.87. The molecule has 0 spiro atoms. The topological polar surface area (TPSA) is 42.8 Å². The molecule has 0 unspecified atom stereocenters. The fraction of sp³-hybridized carbons (Fsp3) is 0.812. The van der Waals surface area contributed by atoms with E-state index < -0.39 is 0 Å². The molecule has 2 fully saturated rings. The van der Waals surface area contributed by atoms with Gasteiger partial charge in [0.1, 0.15) is 0 Å². The van der Waals surface area contributed by atoms with Gasteiger partial charge in [0.05, 0.1) is 17.7 Å². The minimum atomic E-state index is -0.322. The van der Waals surface area contributed by atoms with Gasteiger partial charge in [-0.15, -0.1) is 0 Å². The van der Waals surface area contributed by atoms with Crippen molar-refractivity contribution < 1.29 is 9.31 Å². The lowest BCUT2D eigenvalue weighted by Crippen LogP contribution is -2.45. The minimum absolute atomic E-state index is 0.306. The van der Waals surface area contributed by atoms with Crippen molar-refractivity contribution in [2.24, 2.45) is 0 Å². The molecule has 0 aliphatic carbocycles. The summed E-state index contributed by atoms with van der Waals surface area (Å²) in [6.07, 6.45) is 3.92. The monoisotopic (exact) mass is 320 g/mol. The zero-order valence-electron chi connectivity index (χ0n) is 15.1. The first-order valence-electron chi connectivity index (χ1n) is 8.56. The highest BCUT2D eigenvalue weighted by Crippen LogP contribution is 2.36. The van der Waals surface area contributed by atoms with E-state index in [-0.39, 0.29) is 18.3 Å². The fourth-order valence-electron chi connectivity index (χ4n) is 2.92. The Balaban J connectivity index is 1.55. The molecule has 1 aromatic heterocycles. The second-order valence-corrected chi connectivity index (χ2v) is 7.77. The Bertz CT molecular complexity index is 522. The molecule has 128 valence electrons. The average molecular weight is 320 g/mol. The van der Waals surface area contributed by atoms with Crippen LogP contribution in [0, 0.1) is 0 Å². The summed E-state index contributed by atoms with van der Waals surface area (Å²) in [5.41, 5.74) is 0.390. The Hall–Kier alpha value is -0.885. The third kappa shape index (κ3) is 3.63. The van der Waals surface area contributed by atoms with E-state index in [1.54, 1.807) is 0 Å². The van der Waals surface area contributed by atoms with E-state index in [4.69, 9.17) is 9.31 Å². The van der Waals surface area contributed by atoms with Crippen molar-refractivity contribution in [3.8, 4) is 0 Å². The second-order valence-electron chi connectivity index (χ2n) is 7.77. The molecule has 23 heavy (non-hydrogen) atoms. The van der Waals surface area contributed by atoms with Crippen molar-refractivity contribution in [1.29, 1.82) is 0 Å². The summed E-state index contributed by atoms with van der Waals surface area (Å²) in [5, 5.41) is 4.48. The van der Waals surface area contributed by atoms with Crippen LogP contribution in [0.4, 0.5) is 0 Å². The molecule has 2 aliphatic heterocycles. The van der Waals surface area contributed by atoms with E-state index >= 15 is 0 Å². The first kappa shape index (κ1) is 17.0. The Kier molecular flexibility index (Phi) is 4.57. The average Bonchev–Trinajstić information content (AvgIpc) is 3.01. The zero-order chi connectivity index (χ0) is 16.7. The molecular formula is C16H29BN4O2. The Morgan fingerprint density at radius 2 is 1.65 bits per heavy atom. The van der Waals surface area contributed by atoms with Gasteiger partial charge in [0.15, 0.2) is 0 Å². The summed E-state index contributed by atoms with van der Waals surface area (Å²) >= 11 is 0. The molecule has 3 heterocycles. The molecule has 0 atom stereocenters. The maximum Gasteiger partial charge on any atom is 0.498 e. The Labute approximate surface area is 139 Å². The number of nitrogens with zero attached hydrogens (tertiary/aromatic N) is 4. The Morgan fingerprint density at radius 3 is 2.26 bits per heavy atom. The number of hydrogen-bond acceptors (Lipinski definition) is 5. The summed E-state index contributed by atoms with van der Waals surface area (Å²) in [7, 11) is 1.86. The lowest BCUT2D eigenvalue weighted by atomic mass is 9.82. The molecular weight excluding hydrogens is 291 g/mol. The van der Waals surface area contributed by atoms with Crippen molar-refractivity contribution in [3.05, 3.63) is 12.4 Å². The van der Waals surface area contributed by atoms with Crippen LogP contribution in [-0.2, 0) is 15.9 Å². The molecule has 0 amide bonds. The maximum absolute atomic E-state index is 6.08. The van der Waals surface area contributed by atoms with Gasteiger partial charge in [-0.25, -0.2) is 0 Å². The van der Waals surface area contributed by atoms with Crippen LogP contribution in [0.5, 0.6) is 0 Å². The molecule has 7 heteroatoms. The molecule has 1 aromatic rings. The van der Waals surface area contributed by atoms with Gasteiger partial charge in [-0.1, -0.05) is 0 Å². The SMILES string of the molecule is CN1CCN(CCn2cc(B3OC(C)(C)C(C)(C)O3)cn2)CC1. The molecule has 0 saturated carbocycles. The highest BCUT2D eigenvalue weighted by Gasteiger charge is 2.52. The van der Waals surface area contributed by atoms with Crippen LogP contribution in [0.1, 0.15) is 27.7 Å². The number of hydrogen-bond donors (Lipinski definition) is 0. The van der Waals surface area contributed by atoms with E-state index in [1.165, 1.54) is 0 Å². The molecule has 0 N–H and O–H groups in total. The first-order valence-corrected chi connectivity index (χ1v) is 8.56. The first-order chi connectivity index (χ1) is 10.8. The Morgan fingerprint density at radius 1 is 1.04 bits per heavy atom. The lowest BCUT2D eigenvalue weighted by Gasteiger charge is -2.32. The molecule has 0 radical (unpaired) electrons. The van der Waals surface area contributed by atoms with Crippen LogP contribution in [0.25, 0.3) is 0 Å². The van der Waals surface area contributed by atoms with E-state index in [1.807, 2.05) is 10.9 Å². The van der Waals surface area contributed by atoms with E-state index in [2.05, 4.69) is 55.8 Å². The van der Waals surface area contributed by atoms with Gasteiger partial charge >= 0.3 is 7.12 Å². The van der Waals surface area contributed by atoms with Crippen LogP contribution in [0.15, 0.2) is 12.4 Å². The van der Waals surface area contributed by atoms with Gasteiger partial charge in [0.2, 0.25) is 0 Å². The molecule has 3 rings (SSSR count). The largest absolute Gasteiger partial charge is 0.498 e. The van der Waals surface area contributed by atoms with Crippen molar-refractivity contribution in [3.63, 3.8) is 0 Å². The van der Waals surface area contributed by atoms with Gasteiger partial charge in [0.25, 0.3) is 0 Å². The predicted octanol–water partition coefficient (Wildman–Crippen LogP) is 0.430. The highest BCUT2D eigenvalue weighted by molar-refractivity contribution is 6.61. The van der Waals surface area contributed by atoms with E-state index in [0.29, 0.717) is 0 Å². The summed E-state index contributed by atoms with van der Waals surface area (Å²) in [5.74, 6) is 0. The summed E-state index contributed by atoms with van der Waals surface area (Å²) in [6, 6.07) is 0. The second kappa shape index (κ2) is 6.20. The van der Waals surface area contributed by atoms with Crippen molar-refractivity contribution in [2.45, 2.75) is 45.4 Å². The van der Waals surface area contributed by atoms with Crippen LogP contribution in [-0.4, -0.2) is 77.7 Å². The van der Waals surface area contributed by atoms with Gasteiger partial charge in [-0.3, -0.25) is 9.58 Å². The summed E-state index contributed by atoms with van der Waals surface area (Å²) in [6.45, 7) is 14.8. The van der Waals surface area contributed by atoms with Crippen molar-refractivity contribution in [2.75, 3.05) is 39.8 Å². The third-order valence-electron chi connectivity index (χ3n) is 5.42. The van der Waals surface area contributed by atoms with Crippen molar-refractivity contribution >= 4 is 12.6 Å². The third-order valence-corrected chi connectivity index (χ3v) is 5.42. The molecule has 2 saturated heterocycles. The molecule has 6 nitrogen and oxygen atoms in total. The summed E-state index contributed by atoms with van der Waals surface area (Å²) < 4.78 is 14.2. The lowest BCUT2D eigenvalue weighted by molar-refractivity contribution is 0.00578. The number of likely N-dealkylation sites (N-methyl/N-ethyl adjacent to an activating group) is 1. The van der Waals surface area contributed by atoms with Gasteiger partial charge in [-0.2, -0.15) is 5.10 Å². The number of aromatic nitrogens is 2. The number of rotatable bonds is 4. The van der Waals surface area contributed by atoms with E-state index in [0.717, 1.165) is 44.7 Å². The fourth-order valence-corrected chi connectivity index (χ4v) is 2.92. The van der Waals surface area contributed by atoms with E-state index in [9.17, 15) is 0 Å². The van der Waals surface area contributed by atoms with Gasteiger partial charge < -0.3 is 14.2 Å². The predicted molar refractivity (Wildman–Crippen MR) is 91.9 cm³/mol. The normalized spacial score (nSPS) is 25.2. The maximum atomic E-state index is 6.08. The minimum Gasteiger partial charge on any atom is -0.399 e. The number of piperazine rings is 1. The van der Waals surface area contributed by atoms with Crippen LogP contribution >= 0.6 is 0 Å². The highest BCUT2D eigenvalue weighted by atomic mass is 16.7. The van der Waals surface area contributed by atoms with Crippen LogP contribution in [0.3, 0.4) is 0 Å². The molecule has 0 bridgehead atoms. The molecule has 2 aliphatic rings. The van der Waals surface area contributed by atoms with Crippen molar-refractivity contribution in [1.82, 2.24) is 19.6 Å².